The topological polar surface area (TPSA) is 62.9 Å². The summed E-state index contributed by atoms with van der Waals surface area (Å²) in [5.74, 6) is 0. The summed E-state index contributed by atoms with van der Waals surface area (Å²) in [6, 6.07) is 9.95. The monoisotopic (exact) mass is 266 g/mol. The Morgan fingerprint density at radius 3 is 2.40 bits per heavy atom. The Hall–Kier alpha value is -2.72. The molecule has 0 saturated heterocycles. The maximum atomic E-state index is 8.93. The zero-order valence-corrected chi connectivity index (χ0v) is 12.2. The van der Waals surface area contributed by atoms with Crippen LogP contribution in [0.1, 0.15) is 11.1 Å². The van der Waals surface area contributed by atoms with Gasteiger partial charge in [0.2, 0.25) is 0 Å². The third-order valence-corrected chi connectivity index (χ3v) is 2.83. The highest BCUT2D eigenvalue weighted by atomic mass is 15.1. The van der Waals surface area contributed by atoms with E-state index in [0.29, 0.717) is 5.70 Å². The van der Waals surface area contributed by atoms with Gasteiger partial charge in [0.05, 0.1) is 5.70 Å². The van der Waals surface area contributed by atoms with E-state index in [0.717, 1.165) is 11.3 Å². The average molecular weight is 266 g/mol. The number of aryl methyl sites for hydroxylation is 2. The zero-order valence-electron chi connectivity index (χ0n) is 12.2. The molecule has 102 valence electrons. The average Bonchev–Trinajstić information content (AvgIpc) is 2.41. The van der Waals surface area contributed by atoms with Gasteiger partial charge >= 0.3 is 0 Å². The van der Waals surface area contributed by atoms with Crippen molar-refractivity contribution in [1.82, 2.24) is 4.90 Å². The number of likely N-dealkylation sites (N-methyl/N-ethyl adjacent to an activating group) is 1. The first kappa shape index (κ1) is 15.3. The van der Waals surface area contributed by atoms with Crippen LogP contribution in [0.4, 0.5) is 5.69 Å². The summed E-state index contributed by atoms with van der Waals surface area (Å²) in [4.78, 5) is 1.74. The molecule has 1 N–H and O–H groups in total. The van der Waals surface area contributed by atoms with Crippen molar-refractivity contribution >= 4 is 5.69 Å². The molecule has 0 bridgehead atoms. The van der Waals surface area contributed by atoms with Gasteiger partial charge in [0.15, 0.2) is 5.57 Å². The fourth-order valence-corrected chi connectivity index (χ4v) is 1.70. The molecule has 4 nitrogen and oxygen atoms in total. The van der Waals surface area contributed by atoms with Gasteiger partial charge in [-0.15, -0.1) is 0 Å². The van der Waals surface area contributed by atoms with E-state index in [1.54, 1.807) is 31.3 Å². The van der Waals surface area contributed by atoms with Crippen LogP contribution in [0.5, 0.6) is 0 Å². The Kier molecular flexibility index (Phi) is 5.38. The van der Waals surface area contributed by atoms with E-state index >= 15 is 0 Å². The van der Waals surface area contributed by atoms with Gasteiger partial charge in [-0.25, -0.2) is 0 Å². The Morgan fingerprint density at radius 1 is 1.20 bits per heavy atom. The Balaban J connectivity index is 2.98. The number of hydrogen-bond acceptors (Lipinski definition) is 4. The minimum Gasteiger partial charge on any atom is -0.376 e. The van der Waals surface area contributed by atoms with Crippen molar-refractivity contribution < 1.29 is 0 Å². The van der Waals surface area contributed by atoms with Crippen molar-refractivity contribution in [2.24, 2.45) is 0 Å². The quantitative estimate of drug-likeness (QED) is 0.672. The van der Waals surface area contributed by atoms with Crippen molar-refractivity contribution in [3.05, 3.63) is 52.9 Å². The summed E-state index contributed by atoms with van der Waals surface area (Å²) in [5, 5.41) is 21.0. The van der Waals surface area contributed by atoms with Crippen LogP contribution >= 0.6 is 0 Å². The van der Waals surface area contributed by atoms with Gasteiger partial charge < -0.3 is 10.2 Å². The van der Waals surface area contributed by atoms with Crippen molar-refractivity contribution in [2.75, 3.05) is 19.4 Å². The van der Waals surface area contributed by atoms with Crippen LogP contribution in [0.2, 0.25) is 0 Å². The molecule has 1 aromatic rings. The van der Waals surface area contributed by atoms with E-state index in [1.165, 1.54) is 5.56 Å². The SMILES string of the molecule is Cc1ccc(C)c(N/C=C/C(=C(C#N)C#N)N(C)C)c1. The van der Waals surface area contributed by atoms with Crippen LogP contribution in [0.15, 0.2) is 41.7 Å². The summed E-state index contributed by atoms with van der Waals surface area (Å²) in [6.45, 7) is 4.05. The van der Waals surface area contributed by atoms with Crippen LogP contribution in [-0.4, -0.2) is 19.0 Å². The lowest BCUT2D eigenvalue weighted by Crippen LogP contribution is -2.11. The molecule has 0 saturated carbocycles. The minimum atomic E-state index is 0.0917. The van der Waals surface area contributed by atoms with E-state index < -0.39 is 0 Å². The first-order valence-corrected chi connectivity index (χ1v) is 6.21. The Morgan fingerprint density at radius 2 is 1.85 bits per heavy atom. The van der Waals surface area contributed by atoms with E-state index in [9.17, 15) is 0 Å². The molecule has 0 aliphatic carbocycles. The van der Waals surface area contributed by atoms with E-state index in [2.05, 4.69) is 11.4 Å². The molecule has 0 unspecified atom stereocenters. The van der Waals surface area contributed by atoms with E-state index in [4.69, 9.17) is 10.5 Å². The predicted octanol–water partition coefficient (Wildman–Crippen LogP) is 3.09. The lowest BCUT2D eigenvalue weighted by Gasteiger charge is -2.13. The van der Waals surface area contributed by atoms with Gasteiger partial charge in [0.25, 0.3) is 0 Å². The number of hydrogen-bond donors (Lipinski definition) is 1. The van der Waals surface area contributed by atoms with Crippen molar-refractivity contribution in [1.29, 1.82) is 10.5 Å². The van der Waals surface area contributed by atoms with Gasteiger partial charge in [-0.2, -0.15) is 10.5 Å². The molecule has 0 fully saturated rings. The molecule has 0 atom stereocenters. The van der Waals surface area contributed by atoms with Gasteiger partial charge in [-0.05, 0) is 37.1 Å². The summed E-state index contributed by atoms with van der Waals surface area (Å²) < 4.78 is 0. The molecule has 4 heteroatoms. The first-order chi connectivity index (χ1) is 9.49. The van der Waals surface area contributed by atoms with Crippen LogP contribution < -0.4 is 5.32 Å². The van der Waals surface area contributed by atoms with E-state index in [-0.39, 0.29) is 5.57 Å². The molecule has 0 amide bonds. The second kappa shape index (κ2) is 7.01. The molecule has 1 aromatic carbocycles. The van der Waals surface area contributed by atoms with Crippen molar-refractivity contribution in [3.8, 4) is 12.1 Å². The summed E-state index contributed by atoms with van der Waals surface area (Å²) in [6.07, 6.45) is 3.47. The largest absolute Gasteiger partial charge is 0.376 e. The smallest absolute Gasteiger partial charge is 0.152 e. The van der Waals surface area contributed by atoms with Crippen LogP contribution in [0.25, 0.3) is 0 Å². The van der Waals surface area contributed by atoms with Gasteiger partial charge in [-0.3, -0.25) is 0 Å². The molecule has 0 aliphatic heterocycles. The van der Waals surface area contributed by atoms with Crippen LogP contribution in [0.3, 0.4) is 0 Å². The second-order valence-corrected chi connectivity index (χ2v) is 4.67. The molecule has 0 aromatic heterocycles. The number of benzene rings is 1. The zero-order chi connectivity index (χ0) is 15.1. The molecule has 0 aliphatic rings. The van der Waals surface area contributed by atoms with Crippen molar-refractivity contribution in [2.45, 2.75) is 13.8 Å². The lowest BCUT2D eigenvalue weighted by molar-refractivity contribution is 0.527. The third-order valence-electron chi connectivity index (χ3n) is 2.83. The molecule has 0 spiro atoms. The van der Waals surface area contributed by atoms with Gasteiger partial charge in [0, 0.05) is 26.0 Å². The van der Waals surface area contributed by atoms with Gasteiger partial charge in [-0.1, -0.05) is 12.1 Å². The summed E-state index contributed by atoms with van der Waals surface area (Å²) in [5.41, 5.74) is 3.98. The Labute approximate surface area is 120 Å². The number of anilines is 1. The fraction of sp³-hybridized carbons (Fsp3) is 0.250. The number of nitrogens with zero attached hydrogens (tertiary/aromatic N) is 3. The minimum absolute atomic E-state index is 0.0917. The predicted molar refractivity (Wildman–Crippen MR) is 80.6 cm³/mol. The third kappa shape index (κ3) is 3.90. The highest BCUT2D eigenvalue weighted by molar-refractivity contribution is 5.55. The van der Waals surface area contributed by atoms with Crippen LogP contribution in [-0.2, 0) is 0 Å². The maximum absolute atomic E-state index is 8.93. The number of allylic oxidation sites excluding steroid dienone is 2. The van der Waals surface area contributed by atoms with Gasteiger partial charge in [0.1, 0.15) is 12.1 Å². The Bertz CT molecular complexity index is 609. The highest BCUT2D eigenvalue weighted by Gasteiger charge is 2.04. The fourth-order valence-electron chi connectivity index (χ4n) is 1.70. The molecule has 0 heterocycles. The first-order valence-electron chi connectivity index (χ1n) is 6.21. The molecular weight excluding hydrogens is 248 g/mol. The molecule has 1 rings (SSSR count). The normalized spacial score (nSPS) is 9.70. The standard InChI is InChI=1S/C16H18N4/c1-12-5-6-13(2)15(9-12)19-8-7-16(20(3)4)14(10-17)11-18/h5-9,19H,1-4H3/b8-7+. The summed E-state index contributed by atoms with van der Waals surface area (Å²) >= 11 is 0. The van der Waals surface area contributed by atoms with Crippen LogP contribution in [0, 0.1) is 36.5 Å². The number of rotatable bonds is 4. The molecular formula is C16H18N4. The van der Waals surface area contributed by atoms with Crippen molar-refractivity contribution in [3.63, 3.8) is 0 Å². The number of nitriles is 2. The lowest BCUT2D eigenvalue weighted by atomic mass is 10.1. The van der Waals surface area contributed by atoms with E-state index in [1.807, 2.05) is 38.1 Å². The molecule has 0 radical (unpaired) electrons. The second-order valence-electron chi connectivity index (χ2n) is 4.67. The highest BCUT2D eigenvalue weighted by Crippen LogP contribution is 2.16. The number of nitrogens with one attached hydrogen (secondary N) is 1. The maximum Gasteiger partial charge on any atom is 0.152 e. The summed E-state index contributed by atoms with van der Waals surface area (Å²) in [7, 11) is 3.60. The molecule has 20 heavy (non-hydrogen) atoms.